The molecule has 2 aromatic rings. The lowest BCUT2D eigenvalue weighted by atomic mass is 10.2. The molecule has 0 radical (unpaired) electrons. The van der Waals surface area contributed by atoms with Gasteiger partial charge in [-0.05, 0) is 18.2 Å². The van der Waals surface area contributed by atoms with Gasteiger partial charge >= 0.3 is 5.97 Å². The van der Waals surface area contributed by atoms with Crippen LogP contribution in [0.15, 0.2) is 34.9 Å². The van der Waals surface area contributed by atoms with Crippen molar-refractivity contribution in [3.8, 4) is 0 Å². The first-order valence-corrected chi connectivity index (χ1v) is 6.76. The van der Waals surface area contributed by atoms with E-state index in [4.69, 9.17) is 16.0 Å². The standard InChI is InChI=1S/C15H17ClN2O3/c1-18(2)14-12(16)5-4-6-13(14)17-8-11-7-10(9-21-11)15(19)20-3/h4-7,9,17H,8H2,1-3H3. The van der Waals surface area contributed by atoms with E-state index in [1.807, 2.05) is 37.2 Å². The van der Waals surface area contributed by atoms with Crippen molar-refractivity contribution >= 4 is 28.9 Å². The molecule has 21 heavy (non-hydrogen) atoms. The Kier molecular flexibility index (Phi) is 4.75. The Morgan fingerprint density at radius 1 is 1.43 bits per heavy atom. The number of carbonyl (C=O) groups excluding carboxylic acids is 1. The zero-order valence-electron chi connectivity index (χ0n) is 12.1. The number of nitrogens with one attached hydrogen (secondary N) is 1. The molecule has 0 aliphatic rings. The maximum absolute atomic E-state index is 11.4. The van der Waals surface area contributed by atoms with E-state index >= 15 is 0 Å². The fraction of sp³-hybridized carbons (Fsp3) is 0.267. The van der Waals surface area contributed by atoms with Gasteiger partial charge in [0, 0.05) is 14.1 Å². The van der Waals surface area contributed by atoms with Crippen LogP contribution < -0.4 is 10.2 Å². The maximum Gasteiger partial charge on any atom is 0.341 e. The van der Waals surface area contributed by atoms with E-state index in [2.05, 4.69) is 10.1 Å². The molecular weight excluding hydrogens is 292 g/mol. The van der Waals surface area contributed by atoms with Crippen molar-refractivity contribution in [3.05, 3.63) is 46.9 Å². The van der Waals surface area contributed by atoms with Crippen molar-refractivity contribution in [2.75, 3.05) is 31.4 Å². The second-order valence-electron chi connectivity index (χ2n) is 4.68. The van der Waals surface area contributed by atoms with Gasteiger partial charge in [-0.25, -0.2) is 4.79 Å². The van der Waals surface area contributed by atoms with Crippen LogP contribution in [0.1, 0.15) is 16.1 Å². The minimum Gasteiger partial charge on any atom is -0.467 e. The Labute approximate surface area is 128 Å². The van der Waals surface area contributed by atoms with Crippen molar-refractivity contribution < 1.29 is 13.9 Å². The molecule has 0 amide bonds. The Morgan fingerprint density at radius 2 is 2.19 bits per heavy atom. The summed E-state index contributed by atoms with van der Waals surface area (Å²) in [6, 6.07) is 7.30. The van der Waals surface area contributed by atoms with Crippen LogP contribution in [0, 0.1) is 0 Å². The van der Waals surface area contributed by atoms with Crippen molar-refractivity contribution in [3.63, 3.8) is 0 Å². The molecule has 1 heterocycles. The summed E-state index contributed by atoms with van der Waals surface area (Å²) in [5, 5.41) is 3.92. The molecular formula is C15H17ClN2O3. The molecule has 1 aromatic heterocycles. The summed E-state index contributed by atoms with van der Waals surface area (Å²) < 4.78 is 9.97. The quantitative estimate of drug-likeness (QED) is 0.858. The highest BCUT2D eigenvalue weighted by molar-refractivity contribution is 6.34. The molecule has 6 heteroatoms. The molecule has 0 bridgehead atoms. The molecule has 1 aromatic carbocycles. The smallest absolute Gasteiger partial charge is 0.341 e. The molecule has 1 N–H and O–H groups in total. The molecule has 0 fully saturated rings. The molecule has 0 spiro atoms. The third-order valence-electron chi connectivity index (χ3n) is 2.96. The van der Waals surface area contributed by atoms with Gasteiger partial charge in [0.1, 0.15) is 12.0 Å². The summed E-state index contributed by atoms with van der Waals surface area (Å²) in [6.45, 7) is 0.443. The fourth-order valence-electron chi connectivity index (χ4n) is 1.99. The normalized spacial score (nSPS) is 10.3. The van der Waals surface area contributed by atoms with E-state index < -0.39 is 5.97 Å². The Balaban J connectivity index is 2.12. The molecule has 0 unspecified atom stereocenters. The second-order valence-corrected chi connectivity index (χ2v) is 5.08. The molecule has 5 nitrogen and oxygen atoms in total. The molecule has 0 saturated carbocycles. The molecule has 112 valence electrons. The van der Waals surface area contributed by atoms with Gasteiger partial charge in [0.2, 0.25) is 0 Å². The minimum absolute atomic E-state index is 0.397. The number of methoxy groups -OCH3 is 1. The zero-order chi connectivity index (χ0) is 15.4. The number of halogens is 1. The monoisotopic (exact) mass is 308 g/mol. The first-order valence-electron chi connectivity index (χ1n) is 6.38. The summed E-state index contributed by atoms with van der Waals surface area (Å²) in [7, 11) is 5.19. The first-order chi connectivity index (χ1) is 10.0. The highest BCUT2D eigenvalue weighted by Gasteiger charge is 2.12. The lowest BCUT2D eigenvalue weighted by Crippen LogP contribution is -2.12. The molecule has 0 aliphatic heterocycles. The summed E-state index contributed by atoms with van der Waals surface area (Å²) in [5.74, 6) is 0.224. The van der Waals surface area contributed by atoms with Gasteiger partial charge in [0.15, 0.2) is 0 Å². The van der Waals surface area contributed by atoms with Gasteiger partial charge in [-0.3, -0.25) is 0 Å². The first kappa shape index (κ1) is 15.3. The van der Waals surface area contributed by atoms with Crippen LogP contribution in [-0.2, 0) is 11.3 Å². The van der Waals surface area contributed by atoms with Crippen LogP contribution in [0.25, 0.3) is 0 Å². The van der Waals surface area contributed by atoms with Crippen molar-refractivity contribution in [2.45, 2.75) is 6.54 Å². The predicted molar refractivity (Wildman–Crippen MR) is 83.2 cm³/mol. The molecule has 0 aliphatic carbocycles. The van der Waals surface area contributed by atoms with Crippen LogP contribution in [-0.4, -0.2) is 27.2 Å². The van der Waals surface area contributed by atoms with Crippen LogP contribution in [0.2, 0.25) is 5.02 Å². The van der Waals surface area contributed by atoms with E-state index in [0.717, 1.165) is 11.4 Å². The average Bonchev–Trinajstić information content (AvgIpc) is 2.92. The molecule has 2 rings (SSSR count). The number of anilines is 2. The van der Waals surface area contributed by atoms with E-state index in [1.165, 1.54) is 13.4 Å². The van der Waals surface area contributed by atoms with E-state index in [0.29, 0.717) is 22.9 Å². The van der Waals surface area contributed by atoms with Gasteiger partial charge in [-0.1, -0.05) is 17.7 Å². The molecule has 0 atom stereocenters. The highest BCUT2D eigenvalue weighted by Crippen LogP contribution is 2.32. The predicted octanol–water partition coefficient (Wildman–Crippen LogP) is 3.40. The molecule has 0 saturated heterocycles. The SMILES string of the molecule is COC(=O)c1coc(CNc2cccc(Cl)c2N(C)C)c1. The van der Waals surface area contributed by atoms with Gasteiger partial charge < -0.3 is 19.4 Å². The number of hydrogen-bond acceptors (Lipinski definition) is 5. The number of nitrogens with zero attached hydrogens (tertiary/aromatic N) is 1. The largest absolute Gasteiger partial charge is 0.467 e. The Morgan fingerprint density at radius 3 is 2.86 bits per heavy atom. The third-order valence-corrected chi connectivity index (χ3v) is 3.27. The Hall–Kier alpha value is -2.14. The zero-order valence-corrected chi connectivity index (χ0v) is 12.9. The van der Waals surface area contributed by atoms with Crippen LogP contribution in [0.3, 0.4) is 0 Å². The van der Waals surface area contributed by atoms with Crippen molar-refractivity contribution in [2.24, 2.45) is 0 Å². The number of rotatable bonds is 5. The van der Waals surface area contributed by atoms with Crippen LogP contribution >= 0.6 is 11.6 Å². The van der Waals surface area contributed by atoms with E-state index in [-0.39, 0.29) is 0 Å². The summed E-state index contributed by atoms with van der Waals surface area (Å²) in [4.78, 5) is 13.3. The number of ether oxygens (including phenoxy) is 1. The lowest BCUT2D eigenvalue weighted by Gasteiger charge is -2.19. The maximum atomic E-state index is 11.4. The average molecular weight is 309 g/mol. The lowest BCUT2D eigenvalue weighted by molar-refractivity contribution is 0.0600. The Bertz CT molecular complexity index is 638. The third kappa shape index (κ3) is 3.49. The van der Waals surface area contributed by atoms with Crippen molar-refractivity contribution in [1.29, 1.82) is 0 Å². The number of hydrogen-bond donors (Lipinski definition) is 1. The number of benzene rings is 1. The van der Waals surface area contributed by atoms with Crippen LogP contribution in [0.5, 0.6) is 0 Å². The number of esters is 1. The van der Waals surface area contributed by atoms with Gasteiger partial charge in [0.25, 0.3) is 0 Å². The number of para-hydroxylation sites is 1. The van der Waals surface area contributed by atoms with Crippen LogP contribution in [0.4, 0.5) is 11.4 Å². The van der Waals surface area contributed by atoms with E-state index in [1.54, 1.807) is 6.07 Å². The number of carbonyl (C=O) groups is 1. The van der Waals surface area contributed by atoms with Gasteiger partial charge in [-0.2, -0.15) is 0 Å². The van der Waals surface area contributed by atoms with E-state index in [9.17, 15) is 4.79 Å². The second kappa shape index (κ2) is 6.54. The summed E-state index contributed by atoms with van der Waals surface area (Å²) in [6.07, 6.45) is 1.38. The summed E-state index contributed by atoms with van der Waals surface area (Å²) >= 11 is 6.20. The summed E-state index contributed by atoms with van der Waals surface area (Å²) in [5.41, 5.74) is 2.19. The van der Waals surface area contributed by atoms with Gasteiger partial charge in [0.05, 0.1) is 35.6 Å². The van der Waals surface area contributed by atoms with Gasteiger partial charge in [-0.15, -0.1) is 0 Å². The topological polar surface area (TPSA) is 54.7 Å². The number of furan rings is 1. The highest BCUT2D eigenvalue weighted by atomic mass is 35.5. The van der Waals surface area contributed by atoms with Crippen molar-refractivity contribution in [1.82, 2.24) is 0 Å². The fourth-order valence-corrected chi connectivity index (χ4v) is 2.34. The minimum atomic E-state index is -0.415.